The van der Waals surface area contributed by atoms with Crippen molar-refractivity contribution in [3.8, 4) is 11.5 Å². The number of phenols is 1. The second kappa shape index (κ2) is 6.41. The summed E-state index contributed by atoms with van der Waals surface area (Å²) in [5.74, 6) is 2.12. The molecule has 1 aromatic carbocycles. The van der Waals surface area contributed by atoms with Gasteiger partial charge in [0, 0.05) is 35.5 Å². The van der Waals surface area contributed by atoms with E-state index >= 15 is 0 Å². The maximum Gasteiger partial charge on any atom is 0.237 e. The number of likely N-dealkylation sites (tertiary alicyclic amines) is 1. The molecule has 1 amide bonds. The Morgan fingerprint density at radius 3 is 2.81 bits per heavy atom. The average Bonchev–Trinajstić information content (AvgIpc) is 3.54. The second-order valence-corrected chi connectivity index (χ2v) is 11.7. The highest BCUT2D eigenvalue weighted by Gasteiger charge is 2.74. The van der Waals surface area contributed by atoms with Crippen LogP contribution >= 0.6 is 0 Å². The molecule has 1 N–H and O–H groups in total. The molecule has 0 radical (unpaired) electrons. The first kappa shape index (κ1) is 19.7. The van der Waals surface area contributed by atoms with Gasteiger partial charge in [0.15, 0.2) is 11.5 Å². The van der Waals surface area contributed by atoms with Crippen LogP contribution < -0.4 is 4.74 Å². The molecule has 172 valence electrons. The van der Waals surface area contributed by atoms with Gasteiger partial charge in [-0.05, 0) is 83.1 Å². The first-order valence-corrected chi connectivity index (χ1v) is 12.6. The van der Waals surface area contributed by atoms with Gasteiger partial charge in [-0.25, -0.2) is 0 Å². The molecule has 0 aromatic heterocycles. The van der Waals surface area contributed by atoms with Gasteiger partial charge in [0.25, 0.3) is 0 Å². The van der Waals surface area contributed by atoms with Crippen LogP contribution in [0, 0.1) is 11.3 Å². The minimum absolute atomic E-state index is 0.0298. The zero-order valence-electron chi connectivity index (χ0n) is 19.3. The summed E-state index contributed by atoms with van der Waals surface area (Å²) in [6.07, 6.45) is 8.14. The molecule has 2 saturated carbocycles. The summed E-state index contributed by atoms with van der Waals surface area (Å²) in [6, 6.07) is 4.63. The highest BCUT2D eigenvalue weighted by molar-refractivity contribution is 5.79. The fourth-order valence-corrected chi connectivity index (χ4v) is 8.66. The molecule has 7 aliphatic rings. The Labute approximate surface area is 190 Å². The normalized spacial score (nSPS) is 39.1. The number of aromatic hydroxyl groups is 1. The molecule has 4 aliphatic heterocycles. The third-order valence-electron chi connectivity index (χ3n) is 9.97. The molecule has 0 unspecified atom stereocenters. The van der Waals surface area contributed by atoms with E-state index in [4.69, 9.17) is 4.74 Å². The molecule has 8 rings (SSSR count). The summed E-state index contributed by atoms with van der Waals surface area (Å²) < 4.78 is 6.76. The van der Waals surface area contributed by atoms with E-state index in [-0.39, 0.29) is 34.6 Å². The minimum atomic E-state index is -0.0601. The summed E-state index contributed by atoms with van der Waals surface area (Å²) in [6.45, 7) is 3.65. The van der Waals surface area contributed by atoms with E-state index in [9.17, 15) is 9.90 Å². The lowest BCUT2D eigenvalue weighted by Gasteiger charge is -2.66. The highest BCUT2D eigenvalue weighted by Crippen LogP contribution is 2.71. The average molecular weight is 438 g/mol. The van der Waals surface area contributed by atoms with Crippen LogP contribution in [0.25, 0.3) is 0 Å². The lowest BCUT2D eigenvalue weighted by Crippen LogP contribution is -2.72. The molecule has 6 heteroatoms. The van der Waals surface area contributed by atoms with E-state index in [1.165, 1.54) is 36.9 Å². The molecule has 4 heterocycles. The number of fused-ring (bicyclic) bond motifs is 3. The van der Waals surface area contributed by atoms with Crippen molar-refractivity contribution in [1.82, 2.24) is 14.7 Å². The Bertz CT molecular complexity index is 991. The smallest absolute Gasteiger partial charge is 0.237 e. The molecule has 2 spiro atoms. The fourth-order valence-electron chi connectivity index (χ4n) is 8.66. The number of carbonyl (C=O) groups excluding carboxylic acids is 1. The summed E-state index contributed by atoms with van der Waals surface area (Å²) in [5.41, 5.74) is 2.78. The zero-order chi connectivity index (χ0) is 21.8. The highest BCUT2D eigenvalue weighted by atomic mass is 16.5. The van der Waals surface area contributed by atoms with E-state index in [1.807, 2.05) is 25.1 Å². The van der Waals surface area contributed by atoms with Gasteiger partial charge in [-0.3, -0.25) is 9.69 Å². The van der Waals surface area contributed by atoms with Crippen molar-refractivity contribution < 1.29 is 14.6 Å². The van der Waals surface area contributed by atoms with Crippen LogP contribution in [-0.4, -0.2) is 84.2 Å². The van der Waals surface area contributed by atoms with E-state index in [0.29, 0.717) is 12.6 Å². The standard InChI is InChI=1S/C26H35N3O3/c1-27(2)15-21(31)29-12-9-25-8-7-18(29)24-26(25)10-11-28(14-16-3-4-16)20(25)13-17-5-6-19(30)23(32-24)22(17)26/h5-6,16,18,20,24,30H,3-4,7-15H2,1-2H3/t18-,20-,24+,25-,26+/m1/s1. The van der Waals surface area contributed by atoms with E-state index in [2.05, 4.69) is 15.9 Å². The number of hydrogen-bond donors (Lipinski definition) is 1. The van der Waals surface area contributed by atoms with Crippen molar-refractivity contribution in [3.05, 3.63) is 23.3 Å². The number of piperidine rings is 1. The third-order valence-corrected chi connectivity index (χ3v) is 9.97. The predicted molar refractivity (Wildman–Crippen MR) is 121 cm³/mol. The third kappa shape index (κ3) is 2.30. The van der Waals surface area contributed by atoms with Gasteiger partial charge < -0.3 is 19.6 Å². The summed E-state index contributed by atoms with van der Waals surface area (Å²) in [4.78, 5) is 20.3. The molecule has 1 aromatic rings. The minimum Gasteiger partial charge on any atom is -0.504 e. The number of rotatable bonds is 4. The van der Waals surface area contributed by atoms with E-state index in [0.717, 1.165) is 50.4 Å². The predicted octanol–water partition coefficient (Wildman–Crippen LogP) is 2.37. The number of ether oxygens (including phenoxy) is 1. The number of benzene rings is 1. The fraction of sp³-hybridized carbons (Fsp3) is 0.731. The number of amides is 1. The molecular weight excluding hydrogens is 402 g/mol. The first-order chi connectivity index (χ1) is 15.4. The molecule has 5 atom stereocenters. The van der Waals surface area contributed by atoms with Crippen molar-refractivity contribution in [1.29, 1.82) is 0 Å². The van der Waals surface area contributed by atoms with Crippen LogP contribution in [0.4, 0.5) is 0 Å². The van der Waals surface area contributed by atoms with Crippen molar-refractivity contribution in [3.63, 3.8) is 0 Å². The lowest BCUT2D eigenvalue weighted by molar-refractivity contribution is -0.144. The van der Waals surface area contributed by atoms with Crippen LogP contribution in [-0.2, 0) is 16.6 Å². The van der Waals surface area contributed by atoms with E-state index in [1.54, 1.807) is 0 Å². The summed E-state index contributed by atoms with van der Waals surface area (Å²) >= 11 is 0. The maximum absolute atomic E-state index is 13.4. The summed E-state index contributed by atoms with van der Waals surface area (Å²) in [5, 5.41) is 10.8. The molecule has 3 aliphatic carbocycles. The van der Waals surface area contributed by atoms with Crippen LogP contribution in [0.2, 0.25) is 0 Å². The Morgan fingerprint density at radius 2 is 2.03 bits per heavy atom. The van der Waals surface area contributed by atoms with Crippen molar-refractivity contribution in [2.24, 2.45) is 11.3 Å². The van der Waals surface area contributed by atoms with Crippen molar-refractivity contribution in [2.75, 3.05) is 40.3 Å². The quantitative estimate of drug-likeness (QED) is 0.784. The van der Waals surface area contributed by atoms with Gasteiger partial charge in [0.2, 0.25) is 5.91 Å². The maximum atomic E-state index is 13.4. The van der Waals surface area contributed by atoms with Crippen LogP contribution in [0.15, 0.2) is 12.1 Å². The first-order valence-electron chi connectivity index (χ1n) is 12.6. The number of phenolic OH excluding ortho intramolecular Hbond substituents is 1. The molecule has 4 bridgehead atoms. The van der Waals surface area contributed by atoms with Crippen LogP contribution in [0.1, 0.15) is 49.7 Å². The van der Waals surface area contributed by atoms with Gasteiger partial charge >= 0.3 is 0 Å². The molecule has 32 heavy (non-hydrogen) atoms. The van der Waals surface area contributed by atoms with Crippen molar-refractivity contribution >= 4 is 5.91 Å². The van der Waals surface area contributed by atoms with Crippen molar-refractivity contribution in [2.45, 2.75) is 68.5 Å². The Hall–Kier alpha value is -1.79. The molecular formula is C26H35N3O3. The Morgan fingerprint density at radius 1 is 1.19 bits per heavy atom. The molecule has 3 saturated heterocycles. The Balaban J connectivity index is 1.39. The van der Waals surface area contributed by atoms with Gasteiger partial charge in [-0.1, -0.05) is 6.07 Å². The van der Waals surface area contributed by atoms with Crippen LogP contribution in [0.3, 0.4) is 0 Å². The number of hydrogen-bond acceptors (Lipinski definition) is 5. The van der Waals surface area contributed by atoms with Gasteiger partial charge in [-0.2, -0.15) is 0 Å². The SMILES string of the molecule is CN(C)CC(=O)N1CC[C@@]23CC[C@@H]1[C@@H]1Oc4c(O)ccc5c4[C@@]12CCN(CC1CC1)[C@@H]3C5. The molecule has 5 fully saturated rings. The van der Waals surface area contributed by atoms with E-state index < -0.39 is 0 Å². The van der Waals surface area contributed by atoms with Crippen LogP contribution in [0.5, 0.6) is 11.5 Å². The topological polar surface area (TPSA) is 56.3 Å². The monoisotopic (exact) mass is 437 g/mol. The van der Waals surface area contributed by atoms with Gasteiger partial charge in [0.05, 0.1) is 12.6 Å². The number of carbonyl (C=O) groups is 1. The second-order valence-electron chi connectivity index (χ2n) is 11.7. The lowest BCUT2D eigenvalue weighted by atomic mass is 9.42. The Kier molecular flexibility index (Phi) is 3.94. The zero-order valence-corrected chi connectivity index (χ0v) is 19.3. The largest absolute Gasteiger partial charge is 0.504 e. The van der Waals surface area contributed by atoms with Gasteiger partial charge in [-0.15, -0.1) is 0 Å². The van der Waals surface area contributed by atoms with Gasteiger partial charge in [0.1, 0.15) is 6.10 Å². The number of nitrogens with zero attached hydrogens (tertiary/aromatic N) is 3. The molecule has 6 nitrogen and oxygen atoms in total. The number of likely N-dealkylation sites (N-methyl/N-ethyl adjacent to an activating group) is 1. The summed E-state index contributed by atoms with van der Waals surface area (Å²) in [7, 11) is 3.94.